The topological polar surface area (TPSA) is 109 Å². The van der Waals surface area contributed by atoms with Crippen LogP contribution in [0.3, 0.4) is 0 Å². The Labute approximate surface area is 229 Å². The number of carbonyl (C=O) groups excluding carboxylic acids is 3. The monoisotopic (exact) mass is 534 g/mol. The Balaban J connectivity index is 1.53. The largest absolute Gasteiger partial charge is 0.351 e. The van der Waals surface area contributed by atoms with Crippen molar-refractivity contribution in [1.29, 1.82) is 0 Å². The minimum Gasteiger partial charge on any atom is -0.351 e. The molecule has 0 aliphatic carbocycles. The Morgan fingerprint density at radius 3 is 2.26 bits per heavy atom. The van der Waals surface area contributed by atoms with E-state index in [-0.39, 0.29) is 43.9 Å². The SMILES string of the molecule is CCOC(CN(Cc1cccc2ccccc12)C(=O)CNC(=O)CCNC(=O)NCc1ccccc1)OCC. The lowest BCUT2D eigenvalue weighted by Crippen LogP contribution is -2.45. The maximum Gasteiger partial charge on any atom is 0.315 e. The third-order valence-electron chi connectivity index (χ3n) is 6.04. The first-order chi connectivity index (χ1) is 19.0. The van der Waals surface area contributed by atoms with Gasteiger partial charge in [-0.2, -0.15) is 0 Å². The van der Waals surface area contributed by atoms with Crippen LogP contribution in [0.1, 0.15) is 31.4 Å². The molecule has 0 aromatic heterocycles. The number of nitrogens with zero attached hydrogens (tertiary/aromatic N) is 1. The van der Waals surface area contributed by atoms with E-state index in [9.17, 15) is 14.4 Å². The summed E-state index contributed by atoms with van der Waals surface area (Å²) in [6.07, 6.45) is -0.524. The van der Waals surface area contributed by atoms with Crippen LogP contribution in [0.4, 0.5) is 4.79 Å². The number of hydrogen-bond acceptors (Lipinski definition) is 5. The Bertz CT molecular complexity index is 1190. The Morgan fingerprint density at radius 2 is 1.51 bits per heavy atom. The van der Waals surface area contributed by atoms with Crippen LogP contribution < -0.4 is 16.0 Å². The van der Waals surface area contributed by atoms with Gasteiger partial charge in [0.1, 0.15) is 0 Å². The number of fused-ring (bicyclic) bond motifs is 1. The van der Waals surface area contributed by atoms with Gasteiger partial charge in [-0.1, -0.05) is 72.8 Å². The summed E-state index contributed by atoms with van der Waals surface area (Å²) in [6.45, 7) is 5.58. The maximum atomic E-state index is 13.3. The first-order valence-corrected chi connectivity index (χ1v) is 13.3. The smallest absolute Gasteiger partial charge is 0.315 e. The molecule has 0 aliphatic heterocycles. The van der Waals surface area contributed by atoms with Crippen LogP contribution in [0.15, 0.2) is 72.8 Å². The molecule has 0 saturated carbocycles. The summed E-state index contributed by atoms with van der Waals surface area (Å²) in [7, 11) is 0. The van der Waals surface area contributed by atoms with Gasteiger partial charge in [-0.05, 0) is 35.7 Å². The molecule has 0 spiro atoms. The van der Waals surface area contributed by atoms with Gasteiger partial charge in [0, 0.05) is 39.3 Å². The van der Waals surface area contributed by atoms with Gasteiger partial charge in [-0.15, -0.1) is 0 Å². The second-order valence-corrected chi connectivity index (χ2v) is 8.87. The average molecular weight is 535 g/mol. The van der Waals surface area contributed by atoms with Crippen LogP contribution >= 0.6 is 0 Å². The van der Waals surface area contributed by atoms with Crippen molar-refractivity contribution in [2.75, 3.05) is 32.8 Å². The molecule has 0 fully saturated rings. The van der Waals surface area contributed by atoms with Gasteiger partial charge in [0.05, 0.1) is 13.1 Å². The third-order valence-corrected chi connectivity index (χ3v) is 6.04. The minimum absolute atomic E-state index is 0.0515. The maximum absolute atomic E-state index is 13.3. The van der Waals surface area contributed by atoms with Gasteiger partial charge in [-0.3, -0.25) is 9.59 Å². The fourth-order valence-corrected chi connectivity index (χ4v) is 4.10. The summed E-state index contributed by atoms with van der Waals surface area (Å²) in [6, 6.07) is 23.2. The van der Waals surface area contributed by atoms with Gasteiger partial charge in [0.25, 0.3) is 0 Å². The van der Waals surface area contributed by atoms with E-state index in [2.05, 4.69) is 16.0 Å². The molecule has 0 heterocycles. The van der Waals surface area contributed by atoms with Crippen LogP contribution in [0.25, 0.3) is 10.8 Å². The summed E-state index contributed by atoms with van der Waals surface area (Å²) in [5, 5.41) is 10.2. The standard InChI is InChI=1S/C30H38N4O5/c1-3-38-29(39-4-2)22-34(21-25-15-10-14-24-13-8-9-16-26(24)25)28(36)20-32-27(35)17-18-31-30(37)33-19-23-11-6-5-7-12-23/h5-16,29H,3-4,17-22H2,1-2H3,(H,32,35)(H2,31,33,37). The molecule has 3 aromatic carbocycles. The molecule has 0 bridgehead atoms. The van der Waals surface area contributed by atoms with E-state index in [0.717, 1.165) is 21.9 Å². The molecule has 3 aromatic rings. The van der Waals surface area contributed by atoms with Gasteiger partial charge < -0.3 is 30.3 Å². The quantitative estimate of drug-likeness (QED) is 0.258. The molecule has 0 saturated heterocycles. The third kappa shape index (κ3) is 10.0. The van der Waals surface area contributed by atoms with Crippen LogP contribution in [0.5, 0.6) is 0 Å². The summed E-state index contributed by atoms with van der Waals surface area (Å²) in [5.41, 5.74) is 1.97. The second kappa shape index (κ2) is 16.1. The number of nitrogens with one attached hydrogen (secondary N) is 3. The van der Waals surface area contributed by atoms with E-state index in [1.165, 1.54) is 0 Å². The van der Waals surface area contributed by atoms with Crippen molar-refractivity contribution in [2.45, 2.75) is 39.6 Å². The number of hydrogen-bond donors (Lipinski definition) is 3. The predicted octanol–water partition coefficient (Wildman–Crippen LogP) is 3.57. The Kier molecular flexibility index (Phi) is 12.2. The van der Waals surface area contributed by atoms with Crippen molar-refractivity contribution >= 4 is 28.6 Å². The van der Waals surface area contributed by atoms with Crippen molar-refractivity contribution in [2.24, 2.45) is 0 Å². The number of benzene rings is 3. The fraction of sp³-hybridized carbons (Fsp3) is 0.367. The van der Waals surface area contributed by atoms with Gasteiger partial charge >= 0.3 is 6.03 Å². The lowest BCUT2D eigenvalue weighted by molar-refractivity contribution is -0.159. The Morgan fingerprint density at radius 1 is 0.821 bits per heavy atom. The van der Waals surface area contributed by atoms with Crippen LogP contribution in [-0.4, -0.2) is 61.9 Å². The number of rotatable bonds is 15. The number of urea groups is 1. The molecule has 4 amide bonds. The number of amides is 4. The van der Waals surface area contributed by atoms with E-state index >= 15 is 0 Å². The summed E-state index contributed by atoms with van der Waals surface area (Å²) in [5.74, 6) is -0.586. The van der Waals surface area contributed by atoms with Crippen molar-refractivity contribution in [3.8, 4) is 0 Å². The van der Waals surface area contributed by atoms with Gasteiger partial charge in [0.2, 0.25) is 11.8 Å². The molecule has 3 N–H and O–H groups in total. The van der Waals surface area contributed by atoms with Crippen molar-refractivity contribution in [3.63, 3.8) is 0 Å². The molecule has 0 unspecified atom stereocenters. The van der Waals surface area contributed by atoms with E-state index in [1.54, 1.807) is 4.90 Å². The van der Waals surface area contributed by atoms with Gasteiger partial charge in [-0.25, -0.2) is 4.79 Å². The second-order valence-electron chi connectivity index (χ2n) is 8.87. The van der Waals surface area contributed by atoms with E-state index in [0.29, 0.717) is 26.3 Å². The highest BCUT2D eigenvalue weighted by Gasteiger charge is 2.21. The van der Waals surface area contributed by atoms with Crippen LogP contribution in [0.2, 0.25) is 0 Å². The average Bonchev–Trinajstić information content (AvgIpc) is 2.95. The zero-order valence-electron chi connectivity index (χ0n) is 22.7. The molecular weight excluding hydrogens is 496 g/mol. The fourth-order valence-electron chi connectivity index (χ4n) is 4.10. The predicted molar refractivity (Wildman–Crippen MR) is 151 cm³/mol. The first-order valence-electron chi connectivity index (χ1n) is 13.3. The van der Waals surface area contributed by atoms with Gasteiger partial charge in [0.15, 0.2) is 6.29 Å². The zero-order chi connectivity index (χ0) is 27.9. The van der Waals surface area contributed by atoms with Crippen molar-refractivity contribution in [1.82, 2.24) is 20.9 Å². The highest BCUT2D eigenvalue weighted by Crippen LogP contribution is 2.20. The summed E-state index contributed by atoms with van der Waals surface area (Å²) in [4.78, 5) is 39.3. The van der Waals surface area contributed by atoms with Crippen LogP contribution in [0, 0.1) is 0 Å². The first kappa shape index (κ1) is 29.6. The van der Waals surface area contributed by atoms with Crippen LogP contribution in [-0.2, 0) is 32.2 Å². The summed E-state index contributed by atoms with van der Waals surface area (Å²) < 4.78 is 11.4. The van der Waals surface area contributed by atoms with E-state index in [1.807, 2.05) is 86.6 Å². The van der Waals surface area contributed by atoms with Crippen molar-refractivity contribution < 1.29 is 23.9 Å². The lowest BCUT2D eigenvalue weighted by atomic mass is 10.0. The highest BCUT2D eigenvalue weighted by molar-refractivity contribution is 5.87. The molecule has 3 rings (SSSR count). The zero-order valence-corrected chi connectivity index (χ0v) is 22.7. The molecule has 9 heteroatoms. The van der Waals surface area contributed by atoms with Crippen molar-refractivity contribution in [3.05, 3.63) is 83.9 Å². The normalized spacial score (nSPS) is 10.8. The Hall–Kier alpha value is -3.95. The molecule has 208 valence electrons. The molecule has 0 radical (unpaired) electrons. The molecule has 0 atom stereocenters. The summed E-state index contributed by atoms with van der Waals surface area (Å²) >= 11 is 0. The number of ether oxygens (including phenoxy) is 2. The van der Waals surface area contributed by atoms with E-state index < -0.39 is 6.29 Å². The molecular formula is C30H38N4O5. The highest BCUT2D eigenvalue weighted by atomic mass is 16.7. The number of carbonyl (C=O) groups is 3. The molecule has 39 heavy (non-hydrogen) atoms. The molecule has 9 nitrogen and oxygen atoms in total. The molecule has 0 aliphatic rings. The van der Waals surface area contributed by atoms with E-state index in [4.69, 9.17) is 9.47 Å². The minimum atomic E-state index is -0.576. The lowest BCUT2D eigenvalue weighted by Gasteiger charge is -2.28.